The van der Waals surface area contributed by atoms with Crippen LogP contribution >= 0.6 is 0 Å². The average molecular weight is 223 g/mol. The second-order valence-corrected chi connectivity index (χ2v) is 2.79. The summed E-state index contributed by atoms with van der Waals surface area (Å²) in [4.78, 5) is 3.73. The van der Waals surface area contributed by atoms with Gasteiger partial charge in [-0.25, -0.2) is 0 Å². The predicted molar refractivity (Wildman–Crippen MR) is 48.9 cm³/mol. The number of halogens is 3. The SMILES string of the molecule is CCOC(NN1C=CN=CC1)C(F)(F)F. The fourth-order valence-electron chi connectivity index (χ4n) is 0.994. The molecule has 1 rings (SSSR count). The molecule has 1 unspecified atom stereocenters. The lowest BCUT2D eigenvalue weighted by Crippen LogP contribution is -2.51. The molecule has 0 fully saturated rings. The van der Waals surface area contributed by atoms with Gasteiger partial charge >= 0.3 is 6.18 Å². The van der Waals surface area contributed by atoms with E-state index in [1.54, 1.807) is 0 Å². The van der Waals surface area contributed by atoms with Gasteiger partial charge in [0.1, 0.15) is 0 Å². The Hall–Kier alpha value is -1.08. The minimum atomic E-state index is -4.43. The largest absolute Gasteiger partial charge is 0.429 e. The lowest BCUT2D eigenvalue weighted by atomic mass is 10.5. The number of aliphatic imine (C=N–C) groups is 1. The maximum atomic E-state index is 12.4. The molecule has 0 amide bonds. The van der Waals surface area contributed by atoms with Crippen LogP contribution in [0.1, 0.15) is 6.92 Å². The second kappa shape index (κ2) is 5.13. The summed E-state index contributed by atoms with van der Waals surface area (Å²) in [6, 6.07) is 0. The number of nitrogens with one attached hydrogen (secondary N) is 1. The van der Waals surface area contributed by atoms with Crippen LogP contribution in [0.25, 0.3) is 0 Å². The van der Waals surface area contributed by atoms with E-state index in [2.05, 4.69) is 15.2 Å². The van der Waals surface area contributed by atoms with E-state index in [0.717, 1.165) is 0 Å². The number of ether oxygens (including phenoxy) is 1. The normalized spacial score (nSPS) is 18.3. The first-order valence-corrected chi connectivity index (χ1v) is 4.43. The lowest BCUT2D eigenvalue weighted by molar-refractivity contribution is -0.240. The highest BCUT2D eigenvalue weighted by molar-refractivity contribution is 5.61. The summed E-state index contributed by atoms with van der Waals surface area (Å²) in [5.41, 5.74) is 2.20. The van der Waals surface area contributed by atoms with E-state index in [4.69, 9.17) is 0 Å². The molecule has 0 radical (unpaired) electrons. The first-order chi connectivity index (χ1) is 7.04. The van der Waals surface area contributed by atoms with Crippen molar-refractivity contribution in [2.45, 2.75) is 19.3 Å². The predicted octanol–water partition coefficient (Wildman–Crippen LogP) is 1.27. The molecular weight excluding hydrogens is 211 g/mol. The summed E-state index contributed by atoms with van der Waals surface area (Å²) in [6.07, 6.45) is -2.11. The summed E-state index contributed by atoms with van der Waals surface area (Å²) in [6.45, 7) is 1.77. The zero-order valence-corrected chi connectivity index (χ0v) is 8.16. The van der Waals surface area contributed by atoms with E-state index < -0.39 is 12.4 Å². The maximum Gasteiger partial charge on any atom is 0.429 e. The van der Waals surface area contributed by atoms with Gasteiger partial charge in [0.05, 0.1) is 6.54 Å². The lowest BCUT2D eigenvalue weighted by Gasteiger charge is -2.28. The molecule has 0 saturated heterocycles. The Balaban J connectivity index is 2.51. The van der Waals surface area contributed by atoms with Crippen molar-refractivity contribution in [2.75, 3.05) is 13.2 Å². The standard InChI is InChI=1S/C8H12F3N3O/c1-2-15-7(8(9,10)11)13-14-5-3-12-4-6-14/h3-5,7,13H,2,6H2,1H3. The van der Waals surface area contributed by atoms with Crippen LogP contribution in [0.4, 0.5) is 13.2 Å². The van der Waals surface area contributed by atoms with Gasteiger partial charge < -0.3 is 9.75 Å². The number of rotatable bonds is 4. The zero-order valence-electron chi connectivity index (χ0n) is 8.16. The minimum Gasteiger partial charge on any atom is -0.353 e. The third-order valence-corrected chi connectivity index (χ3v) is 1.63. The molecule has 1 N–H and O–H groups in total. The third kappa shape index (κ3) is 3.88. The topological polar surface area (TPSA) is 36.9 Å². The van der Waals surface area contributed by atoms with Gasteiger partial charge in [0, 0.05) is 25.2 Å². The third-order valence-electron chi connectivity index (χ3n) is 1.63. The maximum absolute atomic E-state index is 12.4. The highest BCUT2D eigenvalue weighted by Gasteiger charge is 2.41. The number of hydrazine groups is 1. The fraction of sp³-hybridized carbons (Fsp3) is 0.625. The summed E-state index contributed by atoms with van der Waals surface area (Å²) < 4.78 is 41.7. The van der Waals surface area contributed by atoms with Gasteiger partial charge in [-0.3, -0.25) is 4.99 Å². The molecule has 1 aliphatic heterocycles. The van der Waals surface area contributed by atoms with Crippen LogP contribution < -0.4 is 5.43 Å². The summed E-state index contributed by atoms with van der Waals surface area (Å²) in [5.74, 6) is 0. The van der Waals surface area contributed by atoms with Crippen LogP contribution in [-0.2, 0) is 4.74 Å². The van der Waals surface area contributed by atoms with Crippen molar-refractivity contribution >= 4 is 6.21 Å². The highest BCUT2D eigenvalue weighted by atomic mass is 19.4. The Morgan fingerprint density at radius 2 is 2.33 bits per heavy atom. The molecule has 0 bridgehead atoms. The van der Waals surface area contributed by atoms with Crippen molar-refractivity contribution in [1.29, 1.82) is 0 Å². The number of nitrogens with zero attached hydrogens (tertiary/aromatic N) is 2. The van der Waals surface area contributed by atoms with Crippen LogP contribution in [0.2, 0.25) is 0 Å². The molecule has 1 aliphatic rings. The van der Waals surface area contributed by atoms with Crippen LogP contribution in [0.5, 0.6) is 0 Å². The van der Waals surface area contributed by atoms with Gasteiger partial charge in [-0.15, -0.1) is 0 Å². The Kier molecular flexibility index (Phi) is 4.10. The van der Waals surface area contributed by atoms with Crippen molar-refractivity contribution in [3.63, 3.8) is 0 Å². The van der Waals surface area contributed by atoms with Crippen molar-refractivity contribution < 1.29 is 17.9 Å². The number of alkyl halides is 3. The van der Waals surface area contributed by atoms with E-state index in [1.807, 2.05) is 0 Å². The molecule has 0 saturated carbocycles. The Morgan fingerprint density at radius 3 is 2.80 bits per heavy atom. The molecule has 0 aromatic heterocycles. The first-order valence-electron chi connectivity index (χ1n) is 4.43. The summed E-state index contributed by atoms with van der Waals surface area (Å²) in [7, 11) is 0. The molecule has 0 aromatic carbocycles. The van der Waals surface area contributed by atoms with Gasteiger partial charge in [0.25, 0.3) is 0 Å². The number of hydrogen-bond acceptors (Lipinski definition) is 4. The van der Waals surface area contributed by atoms with Crippen molar-refractivity contribution in [2.24, 2.45) is 4.99 Å². The Labute approximate surface area is 85.4 Å². The van der Waals surface area contributed by atoms with Crippen LogP contribution in [0, 0.1) is 0 Å². The highest BCUT2D eigenvalue weighted by Crippen LogP contribution is 2.21. The summed E-state index contributed by atoms with van der Waals surface area (Å²) >= 11 is 0. The monoisotopic (exact) mass is 223 g/mol. The van der Waals surface area contributed by atoms with Gasteiger partial charge in [-0.2, -0.15) is 18.6 Å². The average Bonchev–Trinajstić information content (AvgIpc) is 2.17. The van der Waals surface area contributed by atoms with Crippen LogP contribution in [-0.4, -0.2) is 36.8 Å². The second-order valence-electron chi connectivity index (χ2n) is 2.79. The van der Waals surface area contributed by atoms with Crippen LogP contribution in [0.3, 0.4) is 0 Å². The molecule has 86 valence electrons. The zero-order chi connectivity index (χ0) is 11.3. The molecule has 4 nitrogen and oxygen atoms in total. The molecule has 1 atom stereocenters. The molecule has 0 spiro atoms. The van der Waals surface area contributed by atoms with E-state index in [0.29, 0.717) is 0 Å². The Morgan fingerprint density at radius 1 is 1.60 bits per heavy atom. The van der Waals surface area contributed by atoms with Gasteiger partial charge in [-0.05, 0) is 6.92 Å². The molecule has 1 heterocycles. The van der Waals surface area contributed by atoms with Crippen LogP contribution in [0.15, 0.2) is 17.4 Å². The molecule has 15 heavy (non-hydrogen) atoms. The Bertz CT molecular complexity index is 252. The van der Waals surface area contributed by atoms with Gasteiger partial charge in [0.15, 0.2) is 0 Å². The smallest absolute Gasteiger partial charge is 0.353 e. The molecule has 0 aliphatic carbocycles. The molecule has 7 heteroatoms. The van der Waals surface area contributed by atoms with Crippen molar-refractivity contribution in [3.8, 4) is 0 Å². The van der Waals surface area contributed by atoms with E-state index in [-0.39, 0.29) is 13.2 Å². The van der Waals surface area contributed by atoms with Crippen molar-refractivity contribution in [1.82, 2.24) is 10.4 Å². The molecule has 0 aromatic rings. The van der Waals surface area contributed by atoms with Crippen molar-refractivity contribution in [3.05, 3.63) is 12.4 Å². The molecular formula is C8H12F3N3O. The quantitative estimate of drug-likeness (QED) is 0.729. The van der Waals surface area contributed by atoms with Gasteiger partial charge in [0.2, 0.25) is 6.23 Å². The number of hydrogen-bond donors (Lipinski definition) is 1. The first kappa shape index (κ1) is 12.0. The van der Waals surface area contributed by atoms with E-state index in [9.17, 15) is 13.2 Å². The van der Waals surface area contributed by atoms with Gasteiger partial charge in [-0.1, -0.05) is 0 Å². The summed E-state index contributed by atoms with van der Waals surface area (Å²) in [5, 5.41) is 1.26. The fourth-order valence-corrected chi connectivity index (χ4v) is 0.994. The van der Waals surface area contributed by atoms with E-state index in [1.165, 1.54) is 30.5 Å². The van der Waals surface area contributed by atoms with E-state index >= 15 is 0 Å². The minimum absolute atomic E-state index is 0.0111.